The van der Waals surface area contributed by atoms with Crippen LogP contribution in [0.2, 0.25) is 0 Å². The van der Waals surface area contributed by atoms with Crippen molar-refractivity contribution in [2.75, 3.05) is 32.8 Å². The van der Waals surface area contributed by atoms with E-state index in [2.05, 4.69) is 17.1 Å². The minimum absolute atomic E-state index is 0.344. The highest BCUT2D eigenvalue weighted by Crippen LogP contribution is 2.23. The van der Waals surface area contributed by atoms with E-state index in [1.54, 1.807) is 28.6 Å². The minimum Gasteiger partial charge on any atom is -0.494 e. The van der Waals surface area contributed by atoms with Crippen LogP contribution < -0.4 is 4.74 Å². The summed E-state index contributed by atoms with van der Waals surface area (Å²) in [6.45, 7) is 5.19. The van der Waals surface area contributed by atoms with Crippen LogP contribution in [0.15, 0.2) is 41.3 Å². The molecule has 1 heterocycles. The second-order valence-corrected chi connectivity index (χ2v) is 8.21. The fourth-order valence-corrected chi connectivity index (χ4v) is 4.82. The van der Waals surface area contributed by atoms with Gasteiger partial charge in [0.05, 0.1) is 11.5 Å². The molecule has 132 valence electrons. The fourth-order valence-electron chi connectivity index (χ4n) is 3.40. The zero-order chi connectivity index (χ0) is 17.0. The maximum atomic E-state index is 12.8. The van der Waals surface area contributed by atoms with Crippen molar-refractivity contribution >= 4 is 10.0 Å². The summed E-state index contributed by atoms with van der Waals surface area (Å²) in [5.41, 5.74) is 0. The number of rotatable bonds is 5. The molecular formula is C18H26N2O3S. The van der Waals surface area contributed by atoms with E-state index >= 15 is 0 Å². The van der Waals surface area contributed by atoms with Crippen molar-refractivity contribution < 1.29 is 13.2 Å². The fraction of sp³-hybridized carbons (Fsp3) is 0.556. The van der Waals surface area contributed by atoms with Crippen molar-refractivity contribution in [2.45, 2.75) is 37.1 Å². The molecule has 3 rings (SSSR count). The first-order chi connectivity index (χ1) is 11.6. The van der Waals surface area contributed by atoms with Crippen molar-refractivity contribution in [3.8, 4) is 5.75 Å². The lowest BCUT2D eigenvalue weighted by Gasteiger charge is -2.38. The van der Waals surface area contributed by atoms with Gasteiger partial charge in [-0.05, 0) is 50.5 Å². The molecule has 0 saturated carbocycles. The summed E-state index contributed by atoms with van der Waals surface area (Å²) in [5.74, 6) is 0.699. The Bertz CT molecular complexity index is 662. The van der Waals surface area contributed by atoms with Crippen LogP contribution in [-0.4, -0.2) is 56.5 Å². The highest BCUT2D eigenvalue weighted by Gasteiger charge is 2.30. The van der Waals surface area contributed by atoms with Crippen LogP contribution >= 0.6 is 0 Å². The normalized spacial score (nSPS) is 23.3. The molecule has 1 saturated heterocycles. The summed E-state index contributed by atoms with van der Waals surface area (Å²) in [6, 6.07) is 7.19. The number of hydrogen-bond donors (Lipinski definition) is 0. The number of piperazine rings is 1. The first kappa shape index (κ1) is 17.5. The van der Waals surface area contributed by atoms with Crippen LogP contribution in [0.3, 0.4) is 0 Å². The molecule has 6 heteroatoms. The predicted octanol–water partition coefficient (Wildman–Crippen LogP) is 2.50. The number of ether oxygens (including phenoxy) is 1. The van der Waals surface area contributed by atoms with E-state index in [0.717, 1.165) is 13.1 Å². The number of hydrogen-bond acceptors (Lipinski definition) is 4. The van der Waals surface area contributed by atoms with Gasteiger partial charge < -0.3 is 4.74 Å². The monoisotopic (exact) mass is 350 g/mol. The molecule has 0 bridgehead atoms. The summed E-state index contributed by atoms with van der Waals surface area (Å²) < 4.78 is 32.6. The molecule has 1 unspecified atom stereocenters. The van der Waals surface area contributed by atoms with Crippen molar-refractivity contribution in [3.05, 3.63) is 36.4 Å². The summed E-state index contributed by atoms with van der Waals surface area (Å²) in [6.07, 6.45) is 8.11. The van der Waals surface area contributed by atoms with E-state index in [9.17, 15) is 8.42 Å². The third-order valence-electron chi connectivity index (χ3n) is 4.74. The summed E-state index contributed by atoms with van der Waals surface area (Å²) in [4.78, 5) is 2.75. The summed E-state index contributed by atoms with van der Waals surface area (Å²) in [5, 5.41) is 0. The van der Waals surface area contributed by atoms with Gasteiger partial charge in [0.2, 0.25) is 10.0 Å². The average molecular weight is 350 g/mol. The van der Waals surface area contributed by atoms with Gasteiger partial charge in [0.15, 0.2) is 0 Å². The average Bonchev–Trinajstić information content (AvgIpc) is 2.63. The van der Waals surface area contributed by atoms with Gasteiger partial charge in [0.25, 0.3) is 0 Å². The maximum Gasteiger partial charge on any atom is 0.243 e. The van der Waals surface area contributed by atoms with Crippen LogP contribution in [0.1, 0.15) is 26.2 Å². The van der Waals surface area contributed by atoms with E-state index < -0.39 is 10.0 Å². The molecule has 0 N–H and O–H groups in total. The molecule has 1 aromatic carbocycles. The summed E-state index contributed by atoms with van der Waals surface area (Å²) in [7, 11) is -3.41. The Balaban J connectivity index is 1.63. The third kappa shape index (κ3) is 3.82. The molecule has 0 aromatic heterocycles. The first-order valence-electron chi connectivity index (χ1n) is 8.75. The molecule has 1 aromatic rings. The largest absolute Gasteiger partial charge is 0.494 e. The molecule has 0 radical (unpaired) electrons. The smallest absolute Gasteiger partial charge is 0.243 e. The lowest BCUT2D eigenvalue weighted by molar-refractivity contribution is 0.150. The third-order valence-corrected chi connectivity index (χ3v) is 6.66. The molecule has 1 atom stereocenters. The van der Waals surface area contributed by atoms with Gasteiger partial charge in [-0.15, -0.1) is 0 Å². The van der Waals surface area contributed by atoms with Crippen LogP contribution in [0.5, 0.6) is 5.75 Å². The second kappa shape index (κ2) is 7.68. The van der Waals surface area contributed by atoms with Gasteiger partial charge >= 0.3 is 0 Å². The maximum absolute atomic E-state index is 12.8. The Morgan fingerprint density at radius 2 is 1.83 bits per heavy atom. The predicted molar refractivity (Wildman–Crippen MR) is 94.7 cm³/mol. The number of nitrogens with zero attached hydrogens (tertiary/aromatic N) is 2. The van der Waals surface area contributed by atoms with Gasteiger partial charge in [-0.25, -0.2) is 8.42 Å². The highest BCUT2D eigenvalue weighted by atomic mass is 32.2. The molecule has 5 nitrogen and oxygen atoms in total. The number of allylic oxidation sites excluding steroid dienone is 1. The quantitative estimate of drug-likeness (QED) is 0.766. The number of sulfonamides is 1. The number of benzene rings is 1. The molecule has 24 heavy (non-hydrogen) atoms. The Hall–Kier alpha value is -1.37. The van der Waals surface area contributed by atoms with Crippen LogP contribution in [0.25, 0.3) is 0 Å². The Morgan fingerprint density at radius 1 is 1.12 bits per heavy atom. The SMILES string of the molecule is CCOc1ccc(S(=O)(=O)N2CCN(C3C=CCCC3)CC2)cc1. The van der Waals surface area contributed by atoms with Crippen molar-refractivity contribution in [2.24, 2.45) is 0 Å². The van der Waals surface area contributed by atoms with Crippen molar-refractivity contribution in [3.63, 3.8) is 0 Å². The van der Waals surface area contributed by atoms with Gasteiger partial charge in [-0.3, -0.25) is 4.90 Å². The Labute approximate surface area is 145 Å². The first-order valence-corrected chi connectivity index (χ1v) is 10.2. The molecule has 0 amide bonds. The minimum atomic E-state index is -3.41. The zero-order valence-corrected chi connectivity index (χ0v) is 15.0. The zero-order valence-electron chi connectivity index (χ0n) is 14.2. The van der Waals surface area contributed by atoms with Crippen molar-refractivity contribution in [1.82, 2.24) is 9.21 Å². The summed E-state index contributed by atoms with van der Waals surface area (Å²) >= 11 is 0. The molecular weight excluding hydrogens is 324 g/mol. The van der Waals surface area contributed by atoms with Gasteiger partial charge in [-0.1, -0.05) is 12.2 Å². The lowest BCUT2D eigenvalue weighted by atomic mass is 10.0. The van der Waals surface area contributed by atoms with E-state index in [-0.39, 0.29) is 0 Å². The lowest BCUT2D eigenvalue weighted by Crippen LogP contribution is -2.51. The molecule has 1 aliphatic heterocycles. The van der Waals surface area contributed by atoms with Crippen molar-refractivity contribution in [1.29, 1.82) is 0 Å². The van der Waals surface area contributed by atoms with Gasteiger partial charge in [0.1, 0.15) is 5.75 Å². The van der Waals surface area contributed by atoms with Gasteiger partial charge in [-0.2, -0.15) is 4.31 Å². The molecule has 1 fully saturated rings. The van der Waals surface area contributed by atoms with E-state index in [4.69, 9.17) is 4.74 Å². The van der Waals surface area contributed by atoms with Gasteiger partial charge in [0, 0.05) is 32.2 Å². The topological polar surface area (TPSA) is 49.9 Å². The molecule has 1 aliphatic carbocycles. The highest BCUT2D eigenvalue weighted by molar-refractivity contribution is 7.89. The van der Waals surface area contributed by atoms with E-state index in [1.807, 2.05) is 6.92 Å². The molecule has 2 aliphatic rings. The standard InChI is InChI=1S/C18H26N2O3S/c1-2-23-17-8-10-18(11-9-17)24(21,22)20-14-12-19(13-15-20)16-6-4-3-5-7-16/h4,6,8-11,16H,2-3,5,7,12-15H2,1H3. The second-order valence-electron chi connectivity index (χ2n) is 6.27. The Morgan fingerprint density at radius 3 is 2.42 bits per heavy atom. The Kier molecular flexibility index (Phi) is 5.58. The molecule has 0 spiro atoms. The van der Waals surface area contributed by atoms with Crippen LogP contribution in [0.4, 0.5) is 0 Å². The van der Waals surface area contributed by atoms with E-state index in [0.29, 0.717) is 36.4 Å². The van der Waals surface area contributed by atoms with Crippen LogP contribution in [-0.2, 0) is 10.0 Å². The van der Waals surface area contributed by atoms with Crippen LogP contribution in [0, 0.1) is 0 Å². The van der Waals surface area contributed by atoms with E-state index in [1.165, 1.54) is 19.3 Å².